The van der Waals surface area contributed by atoms with Crippen molar-refractivity contribution in [2.75, 3.05) is 5.73 Å². The van der Waals surface area contributed by atoms with E-state index in [1.165, 1.54) is 6.92 Å². The maximum atomic E-state index is 14.9. The van der Waals surface area contributed by atoms with Crippen molar-refractivity contribution in [3.63, 3.8) is 0 Å². The summed E-state index contributed by atoms with van der Waals surface area (Å²) in [6.07, 6.45) is -3.04. The number of aliphatic hydroxyl groups excluding tert-OH is 2. The Bertz CT molecular complexity index is 719. The van der Waals surface area contributed by atoms with Crippen LogP contribution in [0.3, 0.4) is 0 Å². The van der Waals surface area contributed by atoms with E-state index in [0.717, 1.165) is 24.0 Å². The molecule has 4 N–H and O–H groups in total. The summed E-state index contributed by atoms with van der Waals surface area (Å²) < 4.78 is 35.5. The number of nitrogens with two attached hydrogens (primary N) is 1. The SMILES string of the molecule is CC(O)C1O[C@@H](n2cc(F)c3c(N)ncnc32)[C@](C)(F)[C@@H]1O. The van der Waals surface area contributed by atoms with Gasteiger partial charge in [-0.3, -0.25) is 4.57 Å². The van der Waals surface area contributed by atoms with Crippen LogP contribution in [0.4, 0.5) is 14.6 Å². The van der Waals surface area contributed by atoms with Gasteiger partial charge in [0.2, 0.25) is 0 Å². The second-order valence-corrected chi connectivity index (χ2v) is 5.63. The fraction of sp³-hybridized carbons (Fsp3) is 0.538. The first-order valence-electron chi connectivity index (χ1n) is 6.72. The van der Waals surface area contributed by atoms with E-state index >= 15 is 0 Å². The first kappa shape index (κ1) is 15.1. The number of hydrogen-bond donors (Lipinski definition) is 3. The van der Waals surface area contributed by atoms with Gasteiger partial charge in [0.1, 0.15) is 24.4 Å². The molecular formula is C13H16F2N4O3. The molecule has 120 valence electrons. The Labute approximate surface area is 124 Å². The minimum Gasteiger partial charge on any atom is -0.391 e. The molecule has 3 rings (SSSR count). The fourth-order valence-corrected chi connectivity index (χ4v) is 2.78. The average Bonchev–Trinajstić information content (AvgIpc) is 2.87. The summed E-state index contributed by atoms with van der Waals surface area (Å²) in [6, 6.07) is 0. The zero-order valence-corrected chi connectivity index (χ0v) is 11.9. The smallest absolute Gasteiger partial charge is 0.181 e. The van der Waals surface area contributed by atoms with Crippen molar-refractivity contribution in [2.45, 2.75) is 44.1 Å². The summed E-state index contributed by atoms with van der Waals surface area (Å²) in [7, 11) is 0. The minimum atomic E-state index is -2.25. The van der Waals surface area contributed by atoms with Gasteiger partial charge in [-0.05, 0) is 13.8 Å². The topological polar surface area (TPSA) is 106 Å². The summed E-state index contributed by atoms with van der Waals surface area (Å²) in [5.41, 5.74) is 3.41. The number of anilines is 1. The summed E-state index contributed by atoms with van der Waals surface area (Å²) >= 11 is 0. The molecule has 22 heavy (non-hydrogen) atoms. The third kappa shape index (κ3) is 1.97. The number of nitrogens with zero attached hydrogens (tertiary/aromatic N) is 3. The van der Waals surface area contributed by atoms with Gasteiger partial charge in [0, 0.05) is 6.20 Å². The number of nitrogen functional groups attached to an aromatic ring is 1. The van der Waals surface area contributed by atoms with Gasteiger partial charge in [0.25, 0.3) is 0 Å². The van der Waals surface area contributed by atoms with Crippen molar-refractivity contribution in [1.29, 1.82) is 0 Å². The number of fused-ring (bicyclic) bond motifs is 1. The number of aromatic nitrogens is 3. The highest BCUT2D eigenvalue weighted by molar-refractivity contribution is 5.86. The van der Waals surface area contributed by atoms with Crippen LogP contribution in [0.5, 0.6) is 0 Å². The van der Waals surface area contributed by atoms with E-state index in [1.807, 2.05) is 0 Å². The van der Waals surface area contributed by atoms with Crippen molar-refractivity contribution in [3.05, 3.63) is 18.3 Å². The van der Waals surface area contributed by atoms with Crippen LogP contribution >= 0.6 is 0 Å². The number of alkyl halides is 1. The third-order valence-electron chi connectivity index (χ3n) is 3.98. The zero-order chi connectivity index (χ0) is 16.2. The number of rotatable bonds is 2. The van der Waals surface area contributed by atoms with Crippen LogP contribution in [0.1, 0.15) is 20.1 Å². The summed E-state index contributed by atoms with van der Waals surface area (Å²) in [5, 5.41) is 19.6. The lowest BCUT2D eigenvalue weighted by atomic mass is 9.96. The van der Waals surface area contributed by atoms with E-state index in [2.05, 4.69) is 9.97 Å². The van der Waals surface area contributed by atoms with Crippen LogP contribution < -0.4 is 5.73 Å². The van der Waals surface area contributed by atoms with E-state index in [9.17, 15) is 19.0 Å². The van der Waals surface area contributed by atoms with Crippen LogP contribution in [-0.2, 0) is 4.74 Å². The second kappa shape index (κ2) is 4.83. The highest BCUT2D eigenvalue weighted by Crippen LogP contribution is 2.44. The van der Waals surface area contributed by atoms with Crippen molar-refractivity contribution < 1.29 is 23.7 Å². The maximum Gasteiger partial charge on any atom is 0.181 e. The molecule has 0 spiro atoms. The van der Waals surface area contributed by atoms with Crippen molar-refractivity contribution in [2.24, 2.45) is 0 Å². The lowest BCUT2D eigenvalue weighted by Crippen LogP contribution is -2.42. The van der Waals surface area contributed by atoms with E-state index < -0.39 is 36.0 Å². The van der Waals surface area contributed by atoms with Gasteiger partial charge in [-0.2, -0.15) is 0 Å². The molecule has 9 heteroatoms. The highest BCUT2D eigenvalue weighted by Gasteiger charge is 2.56. The standard InChI is InChI=1S/C13H16F2N4O3/c1-5(20)8-9(21)13(2,15)12(22-8)19-3-6(14)7-10(16)17-4-18-11(7)19/h3-5,8-9,12,20-21H,1-2H3,(H2,16,17,18)/t5?,8?,9-,12-,13-/m1/s1. The molecule has 0 saturated carbocycles. The molecule has 2 aromatic rings. The fourth-order valence-electron chi connectivity index (χ4n) is 2.78. The van der Waals surface area contributed by atoms with Gasteiger partial charge in [0.15, 0.2) is 23.4 Å². The van der Waals surface area contributed by atoms with Gasteiger partial charge >= 0.3 is 0 Å². The molecule has 2 aromatic heterocycles. The molecule has 2 unspecified atom stereocenters. The Balaban J connectivity index is 2.14. The third-order valence-corrected chi connectivity index (χ3v) is 3.98. The second-order valence-electron chi connectivity index (χ2n) is 5.63. The Morgan fingerprint density at radius 1 is 1.50 bits per heavy atom. The first-order valence-corrected chi connectivity index (χ1v) is 6.72. The molecule has 0 aliphatic carbocycles. The Morgan fingerprint density at radius 3 is 2.77 bits per heavy atom. The summed E-state index contributed by atoms with van der Waals surface area (Å²) in [6.45, 7) is 2.50. The average molecular weight is 314 g/mol. The van der Waals surface area contributed by atoms with E-state index in [4.69, 9.17) is 10.5 Å². The quantitative estimate of drug-likeness (QED) is 0.746. The molecule has 5 atom stereocenters. The molecule has 0 aromatic carbocycles. The minimum absolute atomic E-state index is 0.0445. The predicted octanol–water partition coefficient (Wildman–Crippen LogP) is 0.520. The lowest BCUT2D eigenvalue weighted by molar-refractivity contribution is -0.0795. The first-order chi connectivity index (χ1) is 10.2. The zero-order valence-electron chi connectivity index (χ0n) is 11.9. The van der Waals surface area contributed by atoms with Crippen molar-refractivity contribution in [1.82, 2.24) is 14.5 Å². The van der Waals surface area contributed by atoms with Crippen LogP contribution in [0, 0.1) is 5.82 Å². The highest BCUT2D eigenvalue weighted by atomic mass is 19.1. The van der Waals surface area contributed by atoms with E-state index in [0.29, 0.717) is 0 Å². The van der Waals surface area contributed by atoms with Gasteiger partial charge in [-0.1, -0.05) is 0 Å². The summed E-state index contributed by atoms with van der Waals surface area (Å²) in [4.78, 5) is 7.60. The Morgan fingerprint density at radius 2 is 2.18 bits per heavy atom. The molecular weight excluding hydrogens is 298 g/mol. The molecule has 3 heterocycles. The molecule has 7 nitrogen and oxygen atoms in total. The monoisotopic (exact) mass is 314 g/mol. The largest absolute Gasteiger partial charge is 0.391 e. The molecule has 0 radical (unpaired) electrons. The van der Waals surface area contributed by atoms with Gasteiger partial charge in [-0.15, -0.1) is 0 Å². The van der Waals surface area contributed by atoms with E-state index in [1.54, 1.807) is 0 Å². The molecule has 1 aliphatic heterocycles. The van der Waals surface area contributed by atoms with Crippen LogP contribution in [0.15, 0.2) is 12.5 Å². The molecule has 0 bridgehead atoms. The number of halogens is 2. The Hall–Kier alpha value is -1.84. The normalized spacial score (nSPS) is 33.5. The van der Waals surface area contributed by atoms with Crippen molar-refractivity contribution in [3.8, 4) is 0 Å². The van der Waals surface area contributed by atoms with E-state index in [-0.39, 0.29) is 16.9 Å². The Kier molecular flexibility index (Phi) is 3.31. The number of aliphatic hydroxyl groups is 2. The van der Waals surface area contributed by atoms with Gasteiger partial charge in [0.05, 0.1) is 11.5 Å². The molecule has 1 saturated heterocycles. The van der Waals surface area contributed by atoms with Gasteiger partial charge in [-0.25, -0.2) is 18.7 Å². The number of ether oxygens (including phenoxy) is 1. The maximum absolute atomic E-state index is 14.9. The van der Waals surface area contributed by atoms with Crippen molar-refractivity contribution >= 4 is 16.9 Å². The van der Waals surface area contributed by atoms with Crippen LogP contribution in [0.2, 0.25) is 0 Å². The van der Waals surface area contributed by atoms with Crippen LogP contribution in [-0.4, -0.2) is 48.7 Å². The molecule has 1 aliphatic rings. The van der Waals surface area contributed by atoms with Crippen LogP contribution in [0.25, 0.3) is 11.0 Å². The lowest BCUT2D eigenvalue weighted by Gasteiger charge is -2.25. The molecule has 1 fully saturated rings. The summed E-state index contributed by atoms with van der Waals surface area (Å²) in [5.74, 6) is -0.796. The molecule has 0 amide bonds. The predicted molar refractivity (Wildman–Crippen MR) is 73.0 cm³/mol. The van der Waals surface area contributed by atoms with Gasteiger partial charge < -0.3 is 20.7 Å². The number of hydrogen-bond acceptors (Lipinski definition) is 6.